The minimum atomic E-state index is -1.25. The average Bonchev–Trinajstić information content (AvgIpc) is 3.70. The summed E-state index contributed by atoms with van der Waals surface area (Å²) in [5.74, 6) is 1.10. The number of carbonyl (C=O) groups is 1. The van der Waals surface area contributed by atoms with E-state index in [1.54, 1.807) is 13.8 Å². The van der Waals surface area contributed by atoms with Gasteiger partial charge in [-0.2, -0.15) is 0 Å². The van der Waals surface area contributed by atoms with Crippen LogP contribution in [-0.4, -0.2) is 83.2 Å². The van der Waals surface area contributed by atoms with Crippen molar-refractivity contribution in [2.45, 2.75) is 156 Å². The highest BCUT2D eigenvalue weighted by Gasteiger charge is 2.84. The molecule has 8 heteroatoms. The lowest BCUT2D eigenvalue weighted by Gasteiger charge is -2.64. The van der Waals surface area contributed by atoms with E-state index in [1.165, 1.54) is 38.2 Å². The third-order valence-electron chi connectivity index (χ3n) is 16.8. The van der Waals surface area contributed by atoms with Crippen molar-refractivity contribution in [2.75, 3.05) is 19.7 Å². The second kappa shape index (κ2) is 12.2. The first-order valence-electron chi connectivity index (χ1n) is 20.2. The molecule has 8 nitrogen and oxygen atoms in total. The number of rotatable bonds is 7. The molecule has 7 fully saturated rings. The lowest BCUT2D eigenvalue weighted by Crippen LogP contribution is -2.60. The van der Waals surface area contributed by atoms with Crippen molar-refractivity contribution in [3.8, 4) is 0 Å². The van der Waals surface area contributed by atoms with Crippen molar-refractivity contribution in [2.24, 2.45) is 50.7 Å². The molecule has 0 aromatic heterocycles. The Hall–Kier alpha value is -1.55. The fraction of sp³-hybridized carbons (Fsp3) is 0.837. The molecule has 7 aliphatic rings. The van der Waals surface area contributed by atoms with Gasteiger partial charge in [0.2, 0.25) is 0 Å². The zero-order chi connectivity index (χ0) is 36.4. The van der Waals surface area contributed by atoms with Gasteiger partial charge in [0.25, 0.3) is 0 Å². The molecule has 2 spiro atoms. The normalized spacial score (nSPS) is 47.9. The Labute approximate surface area is 306 Å². The summed E-state index contributed by atoms with van der Waals surface area (Å²) in [6, 6.07) is 10.7. The Morgan fingerprint density at radius 1 is 1.04 bits per heavy atom. The molecule has 1 aromatic carbocycles. The molecule has 2 N–H and O–H groups in total. The molecule has 1 unspecified atom stereocenters. The molecule has 1 aromatic rings. The summed E-state index contributed by atoms with van der Waals surface area (Å²) in [5, 5.41) is 23.7. The highest BCUT2D eigenvalue weighted by Crippen LogP contribution is 2.89. The fourth-order valence-corrected chi connectivity index (χ4v) is 14.5. The molecule has 0 radical (unpaired) electrons. The van der Waals surface area contributed by atoms with Crippen LogP contribution in [0, 0.1) is 50.7 Å². The Balaban J connectivity index is 1.00. The number of esters is 1. The minimum Gasteiger partial charge on any atom is -0.457 e. The van der Waals surface area contributed by atoms with E-state index in [2.05, 4.69) is 69.9 Å². The first kappa shape index (κ1) is 36.4. The van der Waals surface area contributed by atoms with Gasteiger partial charge in [0.05, 0.1) is 36.6 Å². The predicted octanol–water partition coefficient (Wildman–Crippen LogP) is 6.75. The molecule has 0 amide bonds. The van der Waals surface area contributed by atoms with Crippen LogP contribution in [0.25, 0.3) is 0 Å². The Kier molecular flexibility index (Phi) is 8.73. The zero-order valence-electron chi connectivity index (χ0n) is 32.5. The monoisotopic (exact) mass is 707 g/mol. The van der Waals surface area contributed by atoms with Crippen LogP contribution in [0.4, 0.5) is 0 Å². The first-order chi connectivity index (χ1) is 24.0. The smallest absolute Gasteiger partial charge is 0.303 e. The highest BCUT2D eigenvalue weighted by molar-refractivity contribution is 5.66. The SMILES string of the molecule is CC(=O)O[C@@H]([C@H]1C[C@@H](C)C2[C@H](O1)[C@H](O)[C@@]1(C)[C@@H]3CC[C@H]4C(C)(C)[C@@H](O[C@H]5CN(Cc6ccccc6)CCO5)CC[C@@]45C[C@@]35CC[C@]21C)C(C)(C)O. The molecule has 5 saturated carbocycles. The summed E-state index contributed by atoms with van der Waals surface area (Å²) >= 11 is 0. The molecule has 51 heavy (non-hydrogen) atoms. The number of hydrogen-bond donors (Lipinski definition) is 2. The van der Waals surface area contributed by atoms with E-state index in [0.717, 1.165) is 38.9 Å². The maximum atomic E-state index is 12.6. The average molecular weight is 708 g/mol. The molecular weight excluding hydrogens is 642 g/mol. The Bertz CT molecular complexity index is 1480. The summed E-state index contributed by atoms with van der Waals surface area (Å²) in [6.07, 6.45) is 6.66. The van der Waals surface area contributed by atoms with E-state index in [4.69, 9.17) is 18.9 Å². The number of nitrogens with zero attached hydrogens (tertiary/aromatic N) is 1. The van der Waals surface area contributed by atoms with Gasteiger partial charge in [0, 0.05) is 32.0 Å². The molecule has 2 aliphatic heterocycles. The molecule has 2 heterocycles. The van der Waals surface area contributed by atoms with Crippen LogP contribution in [0.15, 0.2) is 30.3 Å². The van der Waals surface area contributed by atoms with Crippen LogP contribution in [0.1, 0.15) is 112 Å². The van der Waals surface area contributed by atoms with Gasteiger partial charge >= 0.3 is 5.97 Å². The number of morpholine rings is 1. The van der Waals surface area contributed by atoms with Crippen molar-refractivity contribution in [1.29, 1.82) is 0 Å². The minimum absolute atomic E-state index is 0.0371. The number of carbonyl (C=O) groups excluding carboxylic acids is 1. The van der Waals surface area contributed by atoms with Gasteiger partial charge in [0.15, 0.2) is 12.4 Å². The molecule has 5 aliphatic carbocycles. The van der Waals surface area contributed by atoms with E-state index in [9.17, 15) is 15.0 Å². The number of aliphatic hydroxyl groups is 2. The summed E-state index contributed by atoms with van der Waals surface area (Å²) in [6.45, 7) is 20.3. The maximum absolute atomic E-state index is 12.6. The molecule has 284 valence electrons. The largest absolute Gasteiger partial charge is 0.457 e. The van der Waals surface area contributed by atoms with E-state index < -0.39 is 29.9 Å². The highest BCUT2D eigenvalue weighted by atomic mass is 16.7. The predicted molar refractivity (Wildman–Crippen MR) is 194 cm³/mol. The Morgan fingerprint density at radius 2 is 1.75 bits per heavy atom. The van der Waals surface area contributed by atoms with Crippen LogP contribution in [0.3, 0.4) is 0 Å². The standard InChI is InChI=1S/C43H65NO7/c1-26-22-29(37(39(5,6)47)49-27(2)45)50-35-34(26)40(7)18-19-43-25-42(43)17-16-32(38(3,4)30(42)14-15-31(43)41(40,8)36(35)46)51-33-24-44(20-21-48-33)23-28-12-10-9-11-13-28/h9-13,26,29-37,46-47H,14-25H2,1-8H3/t26-,29-,30+,31+,32+,33+,34?,35+,36+,37+,40-,41-,42-,43+/m1/s1. The van der Waals surface area contributed by atoms with E-state index in [1.807, 2.05) is 0 Å². The van der Waals surface area contributed by atoms with Crippen molar-refractivity contribution >= 4 is 5.97 Å². The second-order valence-corrected chi connectivity index (χ2v) is 19.9. The van der Waals surface area contributed by atoms with Gasteiger partial charge in [-0.15, -0.1) is 0 Å². The topological polar surface area (TPSA) is 97.7 Å². The lowest BCUT2D eigenvalue weighted by atomic mass is 9.41. The van der Waals surface area contributed by atoms with Crippen LogP contribution in [0.5, 0.6) is 0 Å². The summed E-state index contributed by atoms with van der Waals surface area (Å²) in [7, 11) is 0. The number of fused-ring (bicyclic) bond motifs is 4. The van der Waals surface area contributed by atoms with E-state index in [-0.39, 0.29) is 52.0 Å². The molecule has 8 rings (SSSR count). The number of ether oxygens (including phenoxy) is 4. The summed E-state index contributed by atoms with van der Waals surface area (Å²) in [4.78, 5) is 14.6. The second-order valence-electron chi connectivity index (χ2n) is 19.9. The zero-order valence-corrected chi connectivity index (χ0v) is 32.5. The van der Waals surface area contributed by atoms with Crippen molar-refractivity contribution < 1.29 is 34.0 Å². The van der Waals surface area contributed by atoms with E-state index >= 15 is 0 Å². The number of aliphatic hydroxyl groups excluding tert-OH is 1. The number of hydrogen-bond acceptors (Lipinski definition) is 8. The molecule has 14 atom stereocenters. The third-order valence-corrected chi connectivity index (χ3v) is 16.8. The van der Waals surface area contributed by atoms with Crippen molar-refractivity contribution in [3.63, 3.8) is 0 Å². The number of benzene rings is 1. The van der Waals surface area contributed by atoms with Gasteiger partial charge < -0.3 is 29.2 Å². The summed E-state index contributed by atoms with van der Waals surface area (Å²) in [5.41, 5.74) is 0.341. The third kappa shape index (κ3) is 5.30. The first-order valence-corrected chi connectivity index (χ1v) is 20.2. The van der Waals surface area contributed by atoms with Gasteiger partial charge in [-0.25, -0.2) is 0 Å². The van der Waals surface area contributed by atoms with Crippen molar-refractivity contribution in [1.82, 2.24) is 4.90 Å². The molecular formula is C43H65NO7. The van der Waals surface area contributed by atoms with Crippen molar-refractivity contribution in [3.05, 3.63) is 35.9 Å². The van der Waals surface area contributed by atoms with Gasteiger partial charge in [-0.3, -0.25) is 9.69 Å². The molecule has 0 bridgehead atoms. The summed E-state index contributed by atoms with van der Waals surface area (Å²) < 4.78 is 25.8. The quantitative estimate of drug-likeness (QED) is 0.301. The van der Waals surface area contributed by atoms with Crippen LogP contribution < -0.4 is 0 Å². The van der Waals surface area contributed by atoms with Gasteiger partial charge in [0.1, 0.15) is 0 Å². The fourth-order valence-electron chi connectivity index (χ4n) is 14.5. The van der Waals surface area contributed by atoms with E-state index in [0.29, 0.717) is 30.3 Å². The lowest BCUT2D eigenvalue weighted by molar-refractivity contribution is -0.249. The molecule has 2 saturated heterocycles. The van der Waals surface area contributed by atoms with Gasteiger partial charge in [-0.05, 0) is 116 Å². The van der Waals surface area contributed by atoms with Gasteiger partial charge in [-0.1, -0.05) is 65.0 Å². The van der Waals surface area contributed by atoms with Crippen LogP contribution >= 0.6 is 0 Å². The Morgan fingerprint density at radius 3 is 2.45 bits per heavy atom. The van der Waals surface area contributed by atoms with Crippen LogP contribution in [-0.2, 0) is 30.3 Å². The maximum Gasteiger partial charge on any atom is 0.303 e. The van der Waals surface area contributed by atoms with Crippen LogP contribution in [0.2, 0.25) is 0 Å².